The van der Waals surface area contributed by atoms with Gasteiger partial charge in [0, 0.05) is 11.1 Å². The summed E-state index contributed by atoms with van der Waals surface area (Å²) in [6.07, 6.45) is 7.70. The highest BCUT2D eigenvalue weighted by molar-refractivity contribution is 7.14. The molecule has 6 nitrogen and oxygen atoms in total. The number of carbonyl (C=O) groups is 2. The van der Waals surface area contributed by atoms with Gasteiger partial charge in [-0.1, -0.05) is 43.7 Å². The maximum atomic E-state index is 12.7. The average molecular weight is 450 g/mol. The molecule has 2 atom stereocenters. The van der Waals surface area contributed by atoms with Crippen molar-refractivity contribution >= 4 is 40.5 Å². The number of pyridine rings is 1. The van der Waals surface area contributed by atoms with Crippen molar-refractivity contribution in [2.75, 3.05) is 5.32 Å². The Morgan fingerprint density at radius 1 is 1.30 bits per heavy atom. The van der Waals surface area contributed by atoms with Crippen LogP contribution in [0.4, 0.5) is 5.69 Å². The molecule has 2 heterocycles. The summed E-state index contributed by atoms with van der Waals surface area (Å²) in [5.74, 6) is -0.926. The van der Waals surface area contributed by atoms with Crippen LogP contribution >= 0.6 is 22.9 Å². The lowest BCUT2D eigenvalue weighted by Crippen LogP contribution is -2.42. The lowest BCUT2D eigenvalue weighted by atomic mass is 9.85. The molecule has 0 spiro atoms. The number of carboxylic acids is 1. The molecule has 1 amide bonds. The first-order valence-electron chi connectivity index (χ1n) is 10.4. The van der Waals surface area contributed by atoms with Crippen molar-refractivity contribution < 1.29 is 14.7 Å². The fourth-order valence-electron chi connectivity index (χ4n) is 3.87. The third-order valence-corrected chi connectivity index (χ3v) is 7.07. The lowest BCUT2D eigenvalue weighted by molar-refractivity contribution is -0.139. The molecular formula is C22H28ClN3O3S. The summed E-state index contributed by atoms with van der Waals surface area (Å²) >= 11 is 7.39. The molecule has 2 aromatic rings. The molecule has 1 saturated carbocycles. The third-order valence-electron chi connectivity index (χ3n) is 5.60. The molecule has 0 aliphatic heterocycles. The summed E-state index contributed by atoms with van der Waals surface area (Å²) in [5, 5.41) is 16.2. The molecule has 30 heavy (non-hydrogen) atoms. The van der Waals surface area contributed by atoms with Gasteiger partial charge in [-0.15, -0.1) is 11.3 Å². The molecule has 1 fully saturated rings. The molecule has 1 aliphatic carbocycles. The van der Waals surface area contributed by atoms with Crippen LogP contribution in [-0.2, 0) is 4.79 Å². The topological polar surface area (TPSA) is 91.3 Å². The average Bonchev–Trinajstić information content (AvgIpc) is 3.21. The molecule has 0 radical (unpaired) electrons. The number of thiophene rings is 1. The first-order chi connectivity index (χ1) is 14.3. The Hall–Kier alpha value is -2.12. The minimum absolute atomic E-state index is 0.0481. The first-order valence-corrected chi connectivity index (χ1v) is 11.5. The highest BCUT2D eigenvalue weighted by Gasteiger charge is 2.26. The number of aromatic nitrogens is 1. The summed E-state index contributed by atoms with van der Waals surface area (Å²) in [4.78, 5) is 30.1. The fraction of sp³-hybridized carbons (Fsp3) is 0.500. The van der Waals surface area contributed by atoms with E-state index in [9.17, 15) is 14.7 Å². The van der Waals surface area contributed by atoms with Gasteiger partial charge in [-0.05, 0) is 44.4 Å². The highest BCUT2D eigenvalue weighted by Crippen LogP contribution is 2.29. The van der Waals surface area contributed by atoms with E-state index in [2.05, 4.69) is 15.6 Å². The van der Waals surface area contributed by atoms with E-state index in [0.29, 0.717) is 22.2 Å². The smallest absolute Gasteiger partial charge is 0.326 e. The fourth-order valence-corrected chi connectivity index (χ4v) is 4.94. The normalized spacial score (nSPS) is 16.6. The predicted octanol–water partition coefficient (Wildman–Crippen LogP) is 5.43. The molecule has 2 aromatic heterocycles. The van der Waals surface area contributed by atoms with Gasteiger partial charge in [-0.3, -0.25) is 9.78 Å². The number of aliphatic carboxylic acids is 1. The summed E-state index contributed by atoms with van der Waals surface area (Å²) in [5.41, 5.74) is 1.68. The Morgan fingerprint density at radius 3 is 2.73 bits per heavy atom. The third kappa shape index (κ3) is 5.95. The van der Waals surface area contributed by atoms with E-state index in [1.807, 2.05) is 26.0 Å². The van der Waals surface area contributed by atoms with E-state index in [1.165, 1.54) is 17.8 Å². The van der Waals surface area contributed by atoms with Crippen molar-refractivity contribution in [2.45, 2.75) is 64.5 Å². The Balaban J connectivity index is 1.62. The summed E-state index contributed by atoms with van der Waals surface area (Å²) in [6, 6.07) is 4.57. The second kappa shape index (κ2) is 10.3. The van der Waals surface area contributed by atoms with Crippen LogP contribution in [0.15, 0.2) is 24.4 Å². The summed E-state index contributed by atoms with van der Waals surface area (Å²) < 4.78 is 0. The number of nitrogens with zero attached hydrogens (tertiary/aromatic N) is 1. The number of carbonyl (C=O) groups excluding carboxylic acids is 1. The van der Waals surface area contributed by atoms with E-state index in [-0.39, 0.29) is 11.9 Å². The predicted molar refractivity (Wildman–Crippen MR) is 120 cm³/mol. The number of halogens is 1. The lowest BCUT2D eigenvalue weighted by Gasteiger charge is -2.24. The van der Waals surface area contributed by atoms with Gasteiger partial charge in [0.1, 0.15) is 6.04 Å². The van der Waals surface area contributed by atoms with Gasteiger partial charge in [-0.2, -0.15) is 0 Å². The number of carboxylic acid groups (broad SMARTS) is 1. The zero-order valence-corrected chi connectivity index (χ0v) is 18.9. The van der Waals surface area contributed by atoms with Crippen molar-refractivity contribution in [1.82, 2.24) is 10.3 Å². The molecule has 162 valence electrons. The Labute approximate surface area is 186 Å². The monoisotopic (exact) mass is 449 g/mol. The molecule has 0 bridgehead atoms. The maximum Gasteiger partial charge on any atom is 0.326 e. The zero-order valence-electron chi connectivity index (χ0n) is 17.3. The van der Waals surface area contributed by atoms with E-state index < -0.39 is 12.0 Å². The van der Waals surface area contributed by atoms with E-state index in [0.717, 1.165) is 41.9 Å². The summed E-state index contributed by atoms with van der Waals surface area (Å²) in [6.45, 7) is 3.90. The van der Waals surface area contributed by atoms with Crippen molar-refractivity contribution in [3.8, 4) is 0 Å². The van der Waals surface area contributed by atoms with Crippen LogP contribution < -0.4 is 10.6 Å². The molecule has 0 aromatic carbocycles. The zero-order chi connectivity index (χ0) is 21.7. The van der Waals surface area contributed by atoms with Crippen LogP contribution in [0.2, 0.25) is 5.02 Å². The Morgan fingerprint density at radius 2 is 2.03 bits per heavy atom. The van der Waals surface area contributed by atoms with Crippen LogP contribution in [-0.4, -0.2) is 28.0 Å². The molecule has 3 rings (SSSR count). The first kappa shape index (κ1) is 22.6. The van der Waals surface area contributed by atoms with E-state index in [4.69, 9.17) is 11.6 Å². The number of hydrogen-bond acceptors (Lipinski definition) is 5. The van der Waals surface area contributed by atoms with Gasteiger partial charge < -0.3 is 15.7 Å². The quantitative estimate of drug-likeness (QED) is 0.499. The van der Waals surface area contributed by atoms with Crippen molar-refractivity contribution in [1.29, 1.82) is 0 Å². The highest BCUT2D eigenvalue weighted by atomic mass is 35.5. The minimum Gasteiger partial charge on any atom is -0.480 e. The standard InChI is InChI=1S/C22H28ClN3O3S/c1-13-17(11-16(23)12-24-13)25-14(2)19-8-9-20(30-19)21(27)26-18(22(28)29)10-15-6-4-3-5-7-15/h8-9,11-12,14-15,18,25H,3-7,10H2,1-2H3,(H,26,27)(H,28,29)/t14-,18-/m0/s1. The van der Waals surface area contributed by atoms with Gasteiger partial charge >= 0.3 is 5.97 Å². The van der Waals surface area contributed by atoms with Crippen molar-refractivity contribution in [3.05, 3.63) is 44.9 Å². The van der Waals surface area contributed by atoms with Gasteiger partial charge in [-0.25, -0.2) is 4.79 Å². The Bertz CT molecular complexity index is 896. The van der Waals surface area contributed by atoms with Crippen LogP contribution in [0.1, 0.15) is 71.7 Å². The van der Waals surface area contributed by atoms with Gasteiger partial charge in [0.2, 0.25) is 0 Å². The number of hydrogen-bond donors (Lipinski definition) is 3. The number of amides is 1. The second-order valence-electron chi connectivity index (χ2n) is 7.96. The van der Waals surface area contributed by atoms with Crippen LogP contribution in [0, 0.1) is 12.8 Å². The summed E-state index contributed by atoms with van der Waals surface area (Å²) in [7, 11) is 0. The van der Waals surface area contributed by atoms with Crippen molar-refractivity contribution in [2.24, 2.45) is 5.92 Å². The van der Waals surface area contributed by atoms with Crippen LogP contribution in [0.3, 0.4) is 0 Å². The molecule has 3 N–H and O–H groups in total. The number of nitrogens with one attached hydrogen (secondary N) is 2. The molecule has 0 saturated heterocycles. The second-order valence-corrected chi connectivity index (χ2v) is 9.51. The molecule has 0 unspecified atom stereocenters. The van der Waals surface area contributed by atoms with E-state index in [1.54, 1.807) is 12.3 Å². The minimum atomic E-state index is -0.968. The van der Waals surface area contributed by atoms with Gasteiger partial charge in [0.05, 0.1) is 27.3 Å². The van der Waals surface area contributed by atoms with Gasteiger partial charge in [0.25, 0.3) is 5.91 Å². The van der Waals surface area contributed by atoms with Gasteiger partial charge in [0.15, 0.2) is 0 Å². The van der Waals surface area contributed by atoms with E-state index >= 15 is 0 Å². The number of aryl methyl sites for hydroxylation is 1. The SMILES string of the molecule is Cc1ncc(Cl)cc1N[C@@H](C)c1ccc(C(=O)N[C@@H](CC2CCCCC2)C(=O)O)s1. The molecular weight excluding hydrogens is 422 g/mol. The number of anilines is 1. The number of rotatable bonds is 8. The molecule has 1 aliphatic rings. The molecule has 8 heteroatoms. The maximum absolute atomic E-state index is 12.7. The van der Waals surface area contributed by atoms with Crippen LogP contribution in [0.25, 0.3) is 0 Å². The largest absolute Gasteiger partial charge is 0.480 e. The Kier molecular flexibility index (Phi) is 7.72. The van der Waals surface area contributed by atoms with Crippen LogP contribution in [0.5, 0.6) is 0 Å². The van der Waals surface area contributed by atoms with Crippen molar-refractivity contribution in [3.63, 3.8) is 0 Å².